The van der Waals surface area contributed by atoms with Crippen molar-refractivity contribution in [2.45, 2.75) is 6.42 Å². The second-order valence-corrected chi connectivity index (χ2v) is 1.75. The Hall–Kier alpha value is -0.0366. The Kier molecular flexibility index (Phi) is 3.07. The molecule has 42 valence electrons. The number of hydrogen-bond acceptors (Lipinski definition) is 1. The van der Waals surface area contributed by atoms with Crippen LogP contribution in [-0.4, -0.2) is 24.4 Å². The second kappa shape index (κ2) is 3.08. The van der Waals surface area contributed by atoms with Gasteiger partial charge in [-0.1, -0.05) is 0 Å². The zero-order valence-electron chi connectivity index (χ0n) is 5.05. The minimum atomic E-state index is 0. The molecule has 0 aliphatic carbocycles. The van der Waals surface area contributed by atoms with Crippen molar-refractivity contribution in [3.05, 3.63) is 6.42 Å². The average Bonchev–Trinajstić information content (AvgIpc) is 1.91. The van der Waals surface area contributed by atoms with E-state index in [-0.39, 0.29) is 25.4 Å². The molecule has 1 aliphatic rings. The minimum absolute atomic E-state index is 0. The summed E-state index contributed by atoms with van der Waals surface area (Å²) in [6.45, 7) is 0.902. The third kappa shape index (κ3) is 1.48. The summed E-state index contributed by atoms with van der Waals surface area (Å²) in [5.74, 6) is 0.167. The molecule has 1 saturated heterocycles. The topological polar surface area (TPSA) is 20.3 Å². The summed E-state index contributed by atoms with van der Waals surface area (Å²) >= 11 is 0. The predicted octanol–water partition coefficient (Wildman–Crippen LogP) is 0.0503. The molecule has 1 fully saturated rings. The van der Waals surface area contributed by atoms with Gasteiger partial charge in [-0.25, -0.2) is 0 Å². The van der Waals surface area contributed by atoms with E-state index >= 15 is 0 Å². The van der Waals surface area contributed by atoms with E-state index in [2.05, 4.69) is 0 Å². The molecule has 1 amide bonds. The van der Waals surface area contributed by atoms with Gasteiger partial charge in [-0.15, -0.1) is 6.42 Å². The van der Waals surface area contributed by atoms with Gasteiger partial charge in [-0.05, 0) is 6.54 Å². The summed E-state index contributed by atoms with van der Waals surface area (Å²) in [5, 5.41) is 0. The van der Waals surface area contributed by atoms with E-state index in [1.807, 2.05) is 7.05 Å². The molecular weight excluding hydrogens is 155 g/mol. The van der Waals surface area contributed by atoms with Crippen LogP contribution < -0.4 is 0 Å². The van der Waals surface area contributed by atoms with Crippen molar-refractivity contribution in [2.24, 2.45) is 0 Å². The first kappa shape index (κ1) is 7.96. The molecule has 1 aliphatic heterocycles. The summed E-state index contributed by atoms with van der Waals surface area (Å²) in [6.07, 6.45) is 2.63. The molecule has 0 atom stereocenters. The molecule has 0 bridgehead atoms. The summed E-state index contributed by atoms with van der Waals surface area (Å²) in [5.41, 5.74) is 0. The maximum Gasteiger partial charge on any atom is 0.0847 e. The van der Waals surface area contributed by atoms with E-state index < -0.39 is 0 Å². The van der Waals surface area contributed by atoms with Crippen LogP contribution in [-0.2, 0) is 24.3 Å². The van der Waals surface area contributed by atoms with Crippen molar-refractivity contribution >= 4 is 5.91 Å². The van der Waals surface area contributed by atoms with E-state index in [1.165, 1.54) is 0 Å². The van der Waals surface area contributed by atoms with Crippen LogP contribution in [0.2, 0.25) is 0 Å². The van der Waals surface area contributed by atoms with Crippen LogP contribution in [0.1, 0.15) is 6.42 Å². The van der Waals surface area contributed by atoms with Gasteiger partial charge >= 0.3 is 0 Å². The first-order valence-corrected chi connectivity index (χ1v) is 2.39. The quantitative estimate of drug-likeness (QED) is 0.365. The Morgan fingerprint density at radius 1 is 1.75 bits per heavy atom. The third-order valence-electron chi connectivity index (χ3n) is 1.16. The molecule has 0 radical (unpaired) electrons. The normalized spacial score (nSPS) is 17.6. The van der Waals surface area contributed by atoms with Crippen LogP contribution in [0.25, 0.3) is 0 Å². The van der Waals surface area contributed by atoms with Gasteiger partial charge in [-0.3, -0.25) is 0 Å². The van der Waals surface area contributed by atoms with Crippen molar-refractivity contribution < 1.29 is 24.3 Å². The number of rotatable bonds is 0. The van der Waals surface area contributed by atoms with Crippen molar-refractivity contribution in [2.75, 3.05) is 13.6 Å². The first-order valence-electron chi connectivity index (χ1n) is 2.39. The number of amides is 1. The van der Waals surface area contributed by atoms with E-state index in [4.69, 9.17) is 0 Å². The second-order valence-electron chi connectivity index (χ2n) is 1.75. The number of hydrogen-bond donors (Lipinski definition) is 0. The van der Waals surface area contributed by atoms with Crippen LogP contribution in [0, 0.1) is 6.42 Å². The van der Waals surface area contributed by atoms with Gasteiger partial charge in [-0.2, -0.15) is 0 Å². The smallest absolute Gasteiger partial charge is 0.0847 e. The largest absolute Gasteiger partial charge is 0.373 e. The molecule has 8 heavy (non-hydrogen) atoms. The van der Waals surface area contributed by atoms with Gasteiger partial charge in [0.1, 0.15) is 0 Å². The van der Waals surface area contributed by atoms with Gasteiger partial charge < -0.3 is 16.1 Å². The van der Waals surface area contributed by atoms with Crippen molar-refractivity contribution in [1.29, 1.82) is 0 Å². The summed E-state index contributed by atoms with van der Waals surface area (Å²) in [4.78, 5) is 12.2. The molecule has 0 spiro atoms. The number of carbonyl (C=O) groups is 1. The van der Waals surface area contributed by atoms with Crippen molar-refractivity contribution in [3.63, 3.8) is 0 Å². The Morgan fingerprint density at radius 2 is 2.38 bits per heavy atom. The maximum absolute atomic E-state index is 10.4. The molecule has 0 aromatic rings. The molecular formula is C5H8NOZn-. The molecule has 1 heterocycles. The molecule has 2 nitrogen and oxygen atoms in total. The maximum atomic E-state index is 10.4. The van der Waals surface area contributed by atoms with Crippen LogP contribution in [0.5, 0.6) is 0 Å². The first-order chi connectivity index (χ1) is 3.30. The van der Waals surface area contributed by atoms with Gasteiger partial charge in [0.25, 0.3) is 0 Å². The molecule has 0 saturated carbocycles. The zero-order chi connectivity index (χ0) is 5.28. The van der Waals surface area contributed by atoms with E-state index in [0.717, 1.165) is 13.0 Å². The van der Waals surface area contributed by atoms with Gasteiger partial charge in [0.05, 0.1) is 5.91 Å². The summed E-state index contributed by atoms with van der Waals surface area (Å²) < 4.78 is 0. The third-order valence-corrected chi connectivity index (χ3v) is 1.16. The Balaban J connectivity index is 0.000000490. The number of carbonyl (C=O) groups excluding carboxylic acids is 1. The van der Waals surface area contributed by atoms with Crippen molar-refractivity contribution in [3.8, 4) is 0 Å². The minimum Gasteiger partial charge on any atom is -0.373 e. The summed E-state index contributed by atoms with van der Waals surface area (Å²) in [6, 6.07) is 0. The van der Waals surface area contributed by atoms with Crippen LogP contribution in [0.3, 0.4) is 0 Å². The fraction of sp³-hybridized carbons (Fsp3) is 0.600. The van der Waals surface area contributed by atoms with E-state index in [0.29, 0.717) is 0 Å². The van der Waals surface area contributed by atoms with E-state index in [9.17, 15) is 4.79 Å². The van der Waals surface area contributed by atoms with Gasteiger partial charge in [0.15, 0.2) is 0 Å². The van der Waals surface area contributed by atoms with Crippen molar-refractivity contribution in [1.82, 2.24) is 4.90 Å². The monoisotopic (exact) mass is 162 g/mol. The van der Waals surface area contributed by atoms with Gasteiger partial charge in [0, 0.05) is 26.5 Å². The van der Waals surface area contributed by atoms with Crippen LogP contribution in [0.4, 0.5) is 0 Å². The molecule has 3 heteroatoms. The van der Waals surface area contributed by atoms with Gasteiger partial charge in [0.2, 0.25) is 0 Å². The molecule has 1 rings (SSSR count). The fourth-order valence-corrected chi connectivity index (χ4v) is 0.648. The molecule has 0 aromatic carbocycles. The standard InChI is InChI=1S/C5H8NO.Zn/c1-6-4-2-3-5(6)7;/h3H,2,4H2,1H3;/q-1;. The fourth-order valence-electron chi connectivity index (χ4n) is 0.648. The molecule has 0 unspecified atom stereocenters. The summed E-state index contributed by atoms with van der Waals surface area (Å²) in [7, 11) is 1.81. The SMILES string of the molecule is CN1CC[CH-]C1=O.[Zn]. The Labute approximate surface area is 62.0 Å². The van der Waals surface area contributed by atoms with E-state index in [1.54, 1.807) is 11.3 Å². The average molecular weight is 164 g/mol. The van der Waals surface area contributed by atoms with Crippen LogP contribution in [0.15, 0.2) is 0 Å². The van der Waals surface area contributed by atoms with Crippen LogP contribution >= 0.6 is 0 Å². The Bertz CT molecular complexity index is 94.4. The molecule has 0 aromatic heterocycles. The zero-order valence-corrected chi connectivity index (χ0v) is 8.02. The molecule has 0 N–H and O–H groups in total. The number of likely N-dealkylation sites (tertiary alicyclic amines) is 1. The Morgan fingerprint density at radius 3 is 2.50 bits per heavy atom. The predicted molar refractivity (Wildman–Crippen MR) is 26.6 cm³/mol. The number of nitrogens with zero attached hydrogens (tertiary/aromatic N) is 1.